The van der Waals surface area contributed by atoms with Gasteiger partial charge in [-0.25, -0.2) is 0 Å². The second-order valence-corrected chi connectivity index (χ2v) is 5.86. The Kier molecular flexibility index (Phi) is 5.61. The second kappa shape index (κ2) is 7.22. The van der Waals surface area contributed by atoms with Gasteiger partial charge in [-0.2, -0.15) is 12.6 Å². The normalized spacial score (nSPS) is 12.2. The molecule has 0 radical (unpaired) electrons. The first-order valence-corrected chi connectivity index (χ1v) is 7.74. The van der Waals surface area contributed by atoms with Crippen LogP contribution in [0.2, 0.25) is 5.02 Å². The van der Waals surface area contributed by atoms with E-state index < -0.39 is 0 Å². The molecule has 0 fully saturated rings. The Labute approximate surface area is 132 Å². The van der Waals surface area contributed by atoms with Crippen LogP contribution >= 0.6 is 40.2 Å². The molecule has 0 aromatic heterocycles. The predicted molar refractivity (Wildman–Crippen MR) is 87.7 cm³/mol. The van der Waals surface area contributed by atoms with Crippen LogP contribution in [0.25, 0.3) is 0 Å². The monoisotopic (exact) mass is 356 g/mol. The number of hydrogen-bond donors (Lipinski definition) is 1. The van der Waals surface area contributed by atoms with Gasteiger partial charge in [0.25, 0.3) is 0 Å². The third-order valence-electron chi connectivity index (χ3n) is 2.82. The quantitative estimate of drug-likeness (QED) is 0.724. The number of halogens is 2. The van der Waals surface area contributed by atoms with E-state index >= 15 is 0 Å². The first-order valence-electron chi connectivity index (χ1n) is 5.94. The summed E-state index contributed by atoms with van der Waals surface area (Å²) in [6.07, 6.45) is 0. The molecule has 0 saturated heterocycles. The van der Waals surface area contributed by atoms with E-state index in [1.54, 1.807) is 0 Å². The highest BCUT2D eigenvalue weighted by atomic mass is 79.9. The van der Waals surface area contributed by atoms with E-state index in [9.17, 15) is 0 Å². The van der Waals surface area contributed by atoms with Gasteiger partial charge in [0.05, 0.1) is 11.6 Å². The molecule has 0 aliphatic heterocycles. The fraction of sp³-hybridized carbons (Fsp3) is 0.200. The van der Waals surface area contributed by atoms with E-state index in [0.29, 0.717) is 17.4 Å². The zero-order chi connectivity index (χ0) is 13.7. The Morgan fingerprint density at radius 2 is 1.89 bits per heavy atom. The predicted octanol–water partition coefficient (Wildman–Crippen LogP) is 5.19. The van der Waals surface area contributed by atoms with Crippen LogP contribution in [0, 0.1) is 0 Å². The lowest BCUT2D eigenvalue weighted by molar-refractivity contribution is 0.298. The minimum atomic E-state index is 0.250. The summed E-state index contributed by atoms with van der Waals surface area (Å²) >= 11 is 13.9. The van der Waals surface area contributed by atoms with Crippen molar-refractivity contribution < 1.29 is 4.74 Å². The molecule has 0 spiro atoms. The van der Waals surface area contributed by atoms with E-state index in [1.807, 2.05) is 36.4 Å². The molecule has 1 nitrogen and oxygen atoms in total. The zero-order valence-electron chi connectivity index (χ0n) is 10.2. The van der Waals surface area contributed by atoms with E-state index in [1.165, 1.54) is 5.56 Å². The van der Waals surface area contributed by atoms with Crippen LogP contribution in [0.15, 0.2) is 53.0 Å². The Morgan fingerprint density at radius 3 is 2.58 bits per heavy atom. The lowest BCUT2D eigenvalue weighted by Crippen LogP contribution is -2.12. The Morgan fingerprint density at radius 1 is 1.16 bits per heavy atom. The summed E-state index contributed by atoms with van der Waals surface area (Å²) < 4.78 is 6.77. The minimum absolute atomic E-state index is 0.250. The molecule has 0 N–H and O–H groups in total. The molecule has 1 atom stereocenters. The molecule has 0 bridgehead atoms. The highest BCUT2D eigenvalue weighted by Crippen LogP contribution is 2.29. The Hall–Kier alpha value is -0.640. The van der Waals surface area contributed by atoms with Crippen molar-refractivity contribution in [3.8, 4) is 5.75 Å². The summed E-state index contributed by atoms with van der Waals surface area (Å²) in [7, 11) is 0. The molecule has 2 rings (SSSR count). The van der Waals surface area contributed by atoms with Gasteiger partial charge in [0.15, 0.2) is 0 Å². The zero-order valence-corrected chi connectivity index (χ0v) is 13.5. The van der Waals surface area contributed by atoms with E-state index in [4.69, 9.17) is 16.3 Å². The molecule has 19 heavy (non-hydrogen) atoms. The van der Waals surface area contributed by atoms with Crippen LogP contribution in [0.3, 0.4) is 0 Å². The van der Waals surface area contributed by atoms with Gasteiger partial charge in [0.1, 0.15) is 5.75 Å². The fourth-order valence-corrected chi connectivity index (χ4v) is 2.59. The summed E-state index contributed by atoms with van der Waals surface area (Å²) in [5.41, 5.74) is 1.23. The van der Waals surface area contributed by atoms with E-state index in [2.05, 4.69) is 40.7 Å². The van der Waals surface area contributed by atoms with Gasteiger partial charge in [0.2, 0.25) is 0 Å². The topological polar surface area (TPSA) is 9.23 Å². The maximum Gasteiger partial charge on any atom is 0.139 e. The molecule has 2 aromatic carbocycles. The largest absolute Gasteiger partial charge is 0.491 e. The van der Waals surface area contributed by atoms with Crippen LogP contribution in [-0.4, -0.2) is 12.4 Å². The molecule has 0 heterocycles. The molecule has 100 valence electrons. The summed E-state index contributed by atoms with van der Waals surface area (Å²) in [6, 6.07) is 15.8. The lowest BCUT2D eigenvalue weighted by atomic mass is 10.0. The van der Waals surface area contributed by atoms with Crippen molar-refractivity contribution in [2.45, 2.75) is 5.92 Å². The summed E-state index contributed by atoms with van der Waals surface area (Å²) in [4.78, 5) is 0. The Bertz CT molecular complexity index is 533. The number of ether oxygens (including phenoxy) is 1. The average Bonchev–Trinajstić information content (AvgIpc) is 2.44. The van der Waals surface area contributed by atoms with Crippen molar-refractivity contribution in [2.24, 2.45) is 0 Å². The van der Waals surface area contributed by atoms with Crippen LogP contribution in [0.5, 0.6) is 5.75 Å². The van der Waals surface area contributed by atoms with Gasteiger partial charge in [-0.05, 0) is 23.8 Å². The number of rotatable bonds is 5. The van der Waals surface area contributed by atoms with Crippen molar-refractivity contribution in [2.75, 3.05) is 12.4 Å². The fourth-order valence-electron chi connectivity index (χ4n) is 1.76. The standard InChI is InChI=1S/C15H14BrClOS/c16-13-6-7-14(17)15(8-13)18-9-12(10-19)11-4-2-1-3-5-11/h1-8,12,19H,9-10H2. The van der Waals surface area contributed by atoms with Gasteiger partial charge in [-0.3, -0.25) is 0 Å². The van der Waals surface area contributed by atoms with Crippen molar-refractivity contribution >= 4 is 40.2 Å². The molecular formula is C15H14BrClOS. The second-order valence-electron chi connectivity index (χ2n) is 4.18. The van der Waals surface area contributed by atoms with Gasteiger partial charge in [-0.1, -0.05) is 57.9 Å². The third kappa shape index (κ3) is 4.16. The van der Waals surface area contributed by atoms with Gasteiger partial charge >= 0.3 is 0 Å². The van der Waals surface area contributed by atoms with Crippen LogP contribution in [-0.2, 0) is 0 Å². The number of benzene rings is 2. The minimum Gasteiger partial charge on any atom is -0.491 e. The summed E-state index contributed by atoms with van der Waals surface area (Å²) in [6.45, 7) is 0.559. The SMILES string of the molecule is SCC(COc1cc(Br)ccc1Cl)c1ccccc1. The molecule has 0 saturated carbocycles. The summed E-state index contributed by atoms with van der Waals surface area (Å²) in [5.74, 6) is 1.67. The first kappa shape index (κ1) is 14.8. The maximum absolute atomic E-state index is 6.10. The van der Waals surface area contributed by atoms with Crippen LogP contribution in [0.1, 0.15) is 11.5 Å². The van der Waals surface area contributed by atoms with Crippen molar-refractivity contribution in [1.82, 2.24) is 0 Å². The van der Waals surface area contributed by atoms with Crippen molar-refractivity contribution in [3.05, 3.63) is 63.6 Å². The van der Waals surface area contributed by atoms with Crippen LogP contribution in [0.4, 0.5) is 0 Å². The van der Waals surface area contributed by atoms with Gasteiger partial charge in [-0.15, -0.1) is 0 Å². The van der Waals surface area contributed by atoms with Crippen molar-refractivity contribution in [3.63, 3.8) is 0 Å². The molecular weight excluding hydrogens is 344 g/mol. The summed E-state index contributed by atoms with van der Waals surface area (Å²) in [5, 5.41) is 0.620. The van der Waals surface area contributed by atoms with E-state index in [0.717, 1.165) is 10.2 Å². The first-order chi connectivity index (χ1) is 9.20. The molecule has 4 heteroatoms. The van der Waals surface area contributed by atoms with Gasteiger partial charge < -0.3 is 4.74 Å². The Balaban J connectivity index is 2.06. The molecule has 2 aromatic rings. The average molecular weight is 358 g/mol. The lowest BCUT2D eigenvalue weighted by Gasteiger charge is -2.16. The van der Waals surface area contributed by atoms with Gasteiger partial charge in [0, 0.05) is 16.1 Å². The van der Waals surface area contributed by atoms with E-state index in [-0.39, 0.29) is 5.92 Å². The maximum atomic E-state index is 6.10. The highest BCUT2D eigenvalue weighted by molar-refractivity contribution is 9.10. The molecule has 0 aliphatic rings. The van der Waals surface area contributed by atoms with Crippen LogP contribution < -0.4 is 4.74 Å². The third-order valence-corrected chi connectivity index (χ3v) is 4.07. The number of thiol groups is 1. The number of hydrogen-bond acceptors (Lipinski definition) is 2. The molecule has 1 unspecified atom stereocenters. The molecule has 0 amide bonds. The smallest absolute Gasteiger partial charge is 0.139 e. The highest BCUT2D eigenvalue weighted by Gasteiger charge is 2.11. The van der Waals surface area contributed by atoms with Crippen molar-refractivity contribution in [1.29, 1.82) is 0 Å². The molecule has 0 aliphatic carbocycles.